The fourth-order valence-electron chi connectivity index (χ4n) is 3.68. The molecule has 1 fully saturated rings. The van der Waals surface area contributed by atoms with Gasteiger partial charge in [0.25, 0.3) is 0 Å². The van der Waals surface area contributed by atoms with Crippen molar-refractivity contribution in [3.05, 3.63) is 42.2 Å². The Balaban J connectivity index is 1.72. The average molecular weight is 338 g/mol. The standard InChI is InChI=1S/C22H31N3/c1-2-3-15-25-21(17-23-16-19-11-7-4-5-8-12-19)18-24-22(25)20-13-9-6-10-14-20/h6,9-10,13-14,16,18-19H,2-5,7-8,11-12,15,17H2,1H3. The van der Waals surface area contributed by atoms with Crippen LogP contribution >= 0.6 is 0 Å². The van der Waals surface area contributed by atoms with Gasteiger partial charge in [-0.3, -0.25) is 4.99 Å². The lowest BCUT2D eigenvalue weighted by molar-refractivity contribution is 0.595. The number of nitrogens with zero attached hydrogens (tertiary/aromatic N) is 3. The molecule has 0 atom stereocenters. The lowest BCUT2D eigenvalue weighted by atomic mass is 10.0. The first-order valence-corrected chi connectivity index (χ1v) is 9.98. The second kappa shape index (κ2) is 9.55. The SMILES string of the molecule is CCCCn1c(CN=CC2CCCCCC2)cnc1-c1ccccc1. The van der Waals surface area contributed by atoms with E-state index in [0.717, 1.165) is 18.9 Å². The molecule has 0 saturated heterocycles. The first kappa shape index (κ1) is 17.9. The smallest absolute Gasteiger partial charge is 0.140 e. The summed E-state index contributed by atoms with van der Waals surface area (Å²) in [6.45, 7) is 4.01. The van der Waals surface area contributed by atoms with Crippen molar-refractivity contribution < 1.29 is 0 Å². The number of benzene rings is 1. The van der Waals surface area contributed by atoms with E-state index >= 15 is 0 Å². The van der Waals surface area contributed by atoms with E-state index in [1.54, 1.807) is 0 Å². The van der Waals surface area contributed by atoms with Crippen LogP contribution in [-0.4, -0.2) is 15.8 Å². The Morgan fingerprint density at radius 3 is 2.60 bits per heavy atom. The fourth-order valence-corrected chi connectivity index (χ4v) is 3.68. The maximum atomic E-state index is 4.80. The zero-order valence-electron chi connectivity index (χ0n) is 15.5. The van der Waals surface area contributed by atoms with Gasteiger partial charge >= 0.3 is 0 Å². The fraction of sp³-hybridized carbons (Fsp3) is 0.545. The van der Waals surface area contributed by atoms with Gasteiger partial charge in [0.2, 0.25) is 0 Å². The van der Waals surface area contributed by atoms with Crippen LogP contribution in [0, 0.1) is 5.92 Å². The Bertz CT molecular complexity index is 649. The number of rotatable bonds is 7. The number of imidazole rings is 1. The summed E-state index contributed by atoms with van der Waals surface area (Å²) < 4.78 is 2.36. The molecule has 1 aliphatic carbocycles. The van der Waals surface area contributed by atoms with Gasteiger partial charge in [-0.05, 0) is 25.2 Å². The Morgan fingerprint density at radius 2 is 1.88 bits per heavy atom. The Kier molecular flexibility index (Phi) is 6.84. The predicted molar refractivity (Wildman–Crippen MR) is 106 cm³/mol. The molecule has 0 radical (unpaired) electrons. The van der Waals surface area contributed by atoms with Crippen LogP contribution in [-0.2, 0) is 13.1 Å². The molecule has 1 aromatic heterocycles. The van der Waals surface area contributed by atoms with Crippen LogP contribution < -0.4 is 0 Å². The Labute approximate surface area is 152 Å². The molecule has 3 heteroatoms. The first-order chi connectivity index (χ1) is 12.4. The molecule has 0 unspecified atom stereocenters. The van der Waals surface area contributed by atoms with Gasteiger partial charge in [-0.15, -0.1) is 0 Å². The lowest BCUT2D eigenvalue weighted by Gasteiger charge is -2.11. The van der Waals surface area contributed by atoms with Gasteiger partial charge in [-0.2, -0.15) is 0 Å². The molecular weight excluding hydrogens is 306 g/mol. The van der Waals surface area contributed by atoms with Crippen molar-refractivity contribution in [2.45, 2.75) is 71.4 Å². The quantitative estimate of drug-likeness (QED) is 0.457. The molecular formula is C22H31N3. The van der Waals surface area contributed by atoms with E-state index in [9.17, 15) is 0 Å². The highest BCUT2D eigenvalue weighted by atomic mass is 15.1. The molecule has 3 nitrogen and oxygen atoms in total. The molecule has 25 heavy (non-hydrogen) atoms. The third-order valence-electron chi connectivity index (χ3n) is 5.17. The van der Waals surface area contributed by atoms with Gasteiger partial charge < -0.3 is 4.57 Å². The molecule has 0 spiro atoms. The monoisotopic (exact) mass is 337 g/mol. The number of unbranched alkanes of at least 4 members (excludes halogenated alkanes) is 1. The molecule has 2 aromatic rings. The van der Waals surface area contributed by atoms with E-state index < -0.39 is 0 Å². The lowest BCUT2D eigenvalue weighted by Crippen LogP contribution is -2.06. The van der Waals surface area contributed by atoms with Gasteiger partial charge in [-0.25, -0.2) is 4.98 Å². The molecule has 1 heterocycles. The van der Waals surface area contributed by atoms with E-state index in [1.165, 1.54) is 62.6 Å². The predicted octanol–water partition coefficient (Wildman–Crippen LogP) is 5.89. The van der Waals surface area contributed by atoms with Gasteiger partial charge in [-0.1, -0.05) is 69.4 Å². The molecule has 0 N–H and O–H groups in total. The summed E-state index contributed by atoms with van der Waals surface area (Å²) in [6.07, 6.45) is 14.8. The number of hydrogen-bond donors (Lipinski definition) is 0. The minimum Gasteiger partial charge on any atom is -0.326 e. The van der Waals surface area contributed by atoms with Gasteiger partial charge in [0, 0.05) is 18.3 Å². The van der Waals surface area contributed by atoms with Crippen LogP contribution in [0.5, 0.6) is 0 Å². The normalized spacial score (nSPS) is 16.4. The van der Waals surface area contributed by atoms with Crippen LogP contribution in [0.15, 0.2) is 41.5 Å². The van der Waals surface area contributed by atoms with Crippen molar-refractivity contribution in [2.24, 2.45) is 10.9 Å². The highest BCUT2D eigenvalue weighted by Crippen LogP contribution is 2.23. The molecule has 1 saturated carbocycles. The van der Waals surface area contributed by atoms with Gasteiger partial charge in [0.15, 0.2) is 0 Å². The van der Waals surface area contributed by atoms with E-state index in [0.29, 0.717) is 5.92 Å². The Morgan fingerprint density at radius 1 is 1.12 bits per heavy atom. The molecule has 134 valence electrons. The summed E-state index contributed by atoms with van der Waals surface area (Å²) >= 11 is 0. The Hall–Kier alpha value is -1.90. The second-order valence-electron chi connectivity index (χ2n) is 7.19. The molecule has 0 aliphatic heterocycles. The van der Waals surface area contributed by atoms with Crippen LogP contribution in [0.2, 0.25) is 0 Å². The van der Waals surface area contributed by atoms with Crippen LogP contribution in [0.3, 0.4) is 0 Å². The van der Waals surface area contributed by atoms with E-state index in [2.05, 4.69) is 48.0 Å². The van der Waals surface area contributed by atoms with Crippen molar-refractivity contribution >= 4 is 6.21 Å². The summed E-state index contributed by atoms with van der Waals surface area (Å²) in [4.78, 5) is 9.51. The third-order valence-corrected chi connectivity index (χ3v) is 5.17. The molecule has 0 amide bonds. The zero-order chi connectivity index (χ0) is 17.3. The third kappa shape index (κ3) is 5.04. The first-order valence-electron chi connectivity index (χ1n) is 9.98. The maximum Gasteiger partial charge on any atom is 0.140 e. The van der Waals surface area contributed by atoms with Gasteiger partial charge in [0.1, 0.15) is 5.82 Å². The minimum atomic E-state index is 0.683. The van der Waals surface area contributed by atoms with Crippen LogP contribution in [0.4, 0.5) is 0 Å². The van der Waals surface area contributed by atoms with Crippen molar-refractivity contribution in [2.75, 3.05) is 0 Å². The van der Waals surface area contributed by atoms with Crippen molar-refractivity contribution in [1.29, 1.82) is 0 Å². The average Bonchev–Trinajstić information content (AvgIpc) is 2.86. The minimum absolute atomic E-state index is 0.683. The second-order valence-corrected chi connectivity index (χ2v) is 7.19. The molecule has 3 rings (SSSR count). The molecule has 1 aliphatic rings. The number of aromatic nitrogens is 2. The highest BCUT2D eigenvalue weighted by molar-refractivity contribution is 5.61. The number of aliphatic imine (C=N–C) groups is 1. The van der Waals surface area contributed by atoms with Crippen molar-refractivity contribution in [3.8, 4) is 11.4 Å². The van der Waals surface area contributed by atoms with E-state index in [4.69, 9.17) is 9.98 Å². The van der Waals surface area contributed by atoms with Crippen molar-refractivity contribution in [1.82, 2.24) is 9.55 Å². The summed E-state index contributed by atoms with van der Waals surface area (Å²) in [5.74, 6) is 1.76. The van der Waals surface area contributed by atoms with E-state index in [1.807, 2.05) is 6.20 Å². The summed E-state index contributed by atoms with van der Waals surface area (Å²) in [7, 11) is 0. The van der Waals surface area contributed by atoms with Gasteiger partial charge in [0.05, 0.1) is 18.4 Å². The van der Waals surface area contributed by atoms with Crippen LogP contribution in [0.25, 0.3) is 11.4 Å². The van der Waals surface area contributed by atoms with Crippen molar-refractivity contribution in [3.63, 3.8) is 0 Å². The molecule has 1 aromatic carbocycles. The molecule has 0 bridgehead atoms. The highest BCUT2D eigenvalue weighted by Gasteiger charge is 2.12. The summed E-state index contributed by atoms with van der Waals surface area (Å²) in [5, 5.41) is 0. The number of hydrogen-bond acceptors (Lipinski definition) is 2. The topological polar surface area (TPSA) is 30.2 Å². The maximum absolute atomic E-state index is 4.80. The summed E-state index contributed by atoms with van der Waals surface area (Å²) in [6, 6.07) is 10.5. The summed E-state index contributed by atoms with van der Waals surface area (Å²) in [5.41, 5.74) is 2.43. The largest absolute Gasteiger partial charge is 0.326 e. The zero-order valence-corrected chi connectivity index (χ0v) is 15.5. The van der Waals surface area contributed by atoms with E-state index in [-0.39, 0.29) is 0 Å². The van der Waals surface area contributed by atoms with Crippen LogP contribution in [0.1, 0.15) is 64.0 Å².